The van der Waals surface area contributed by atoms with Crippen LogP contribution in [-0.2, 0) is 10.9 Å². The molecule has 0 aliphatic carbocycles. The number of methoxy groups -OCH3 is 1. The summed E-state index contributed by atoms with van der Waals surface area (Å²) in [7, 11) is 1.63. The summed E-state index contributed by atoms with van der Waals surface area (Å²) in [5.41, 5.74) is -0.270. The van der Waals surface area contributed by atoms with Gasteiger partial charge in [-0.2, -0.15) is 13.2 Å². The summed E-state index contributed by atoms with van der Waals surface area (Å²) in [6.45, 7) is 3.10. The highest BCUT2D eigenvalue weighted by Crippen LogP contribution is 2.34. The molecular weight excluding hydrogens is 255 g/mol. The molecule has 0 aromatic heterocycles. The lowest BCUT2D eigenvalue weighted by Crippen LogP contribution is -2.23. The summed E-state index contributed by atoms with van der Waals surface area (Å²) in [5.74, 6) is 0. The average molecular weight is 275 g/mol. The van der Waals surface area contributed by atoms with Gasteiger partial charge in [0.15, 0.2) is 0 Å². The monoisotopic (exact) mass is 275 g/mol. The Bertz CT molecular complexity index is 379. The largest absolute Gasteiger partial charge is 0.416 e. The van der Waals surface area contributed by atoms with Crippen molar-refractivity contribution >= 4 is 0 Å². The predicted molar refractivity (Wildman–Crippen MR) is 69.0 cm³/mol. The van der Waals surface area contributed by atoms with Gasteiger partial charge in [-0.15, -0.1) is 0 Å². The second kappa shape index (κ2) is 7.50. The molecule has 108 valence electrons. The number of ether oxygens (including phenoxy) is 1. The number of hydrogen-bond acceptors (Lipinski definition) is 2. The molecule has 1 atom stereocenters. The normalized spacial score (nSPS) is 13.5. The number of alkyl halides is 3. The van der Waals surface area contributed by atoms with E-state index < -0.39 is 11.7 Å². The van der Waals surface area contributed by atoms with Crippen LogP contribution in [-0.4, -0.2) is 20.3 Å². The van der Waals surface area contributed by atoms with Crippen molar-refractivity contribution in [2.24, 2.45) is 0 Å². The van der Waals surface area contributed by atoms with E-state index in [0.29, 0.717) is 18.7 Å². The zero-order valence-corrected chi connectivity index (χ0v) is 11.3. The molecular formula is C14H20F3NO. The minimum absolute atomic E-state index is 0.293. The van der Waals surface area contributed by atoms with Crippen LogP contribution in [0.2, 0.25) is 0 Å². The van der Waals surface area contributed by atoms with Crippen molar-refractivity contribution in [3.05, 3.63) is 35.4 Å². The Balaban J connectivity index is 2.59. The molecule has 0 bridgehead atoms. The third kappa shape index (κ3) is 5.20. The van der Waals surface area contributed by atoms with E-state index in [-0.39, 0.29) is 6.04 Å². The lowest BCUT2D eigenvalue weighted by molar-refractivity contribution is -0.138. The van der Waals surface area contributed by atoms with Gasteiger partial charge in [0.1, 0.15) is 0 Å². The molecule has 0 saturated heterocycles. The smallest absolute Gasteiger partial charge is 0.385 e. The third-order valence-electron chi connectivity index (χ3n) is 2.96. The van der Waals surface area contributed by atoms with Gasteiger partial charge in [0.2, 0.25) is 0 Å². The number of halogens is 3. The first-order valence-electron chi connectivity index (χ1n) is 6.35. The van der Waals surface area contributed by atoms with Gasteiger partial charge in [-0.05, 0) is 37.9 Å². The molecule has 0 spiro atoms. The van der Waals surface area contributed by atoms with E-state index >= 15 is 0 Å². The number of hydrogen-bond donors (Lipinski definition) is 1. The van der Waals surface area contributed by atoms with Gasteiger partial charge in [0.25, 0.3) is 0 Å². The van der Waals surface area contributed by atoms with E-state index in [1.165, 1.54) is 12.1 Å². The lowest BCUT2D eigenvalue weighted by Gasteiger charge is -2.19. The fourth-order valence-electron chi connectivity index (χ4n) is 1.93. The van der Waals surface area contributed by atoms with E-state index in [9.17, 15) is 13.2 Å². The SMILES string of the molecule is COCCCCNC(C)c1ccccc1C(F)(F)F. The Hall–Kier alpha value is -1.07. The maximum atomic E-state index is 12.9. The van der Waals surface area contributed by atoms with Crippen molar-refractivity contribution in [3.8, 4) is 0 Å². The van der Waals surface area contributed by atoms with Crippen molar-refractivity contribution in [2.45, 2.75) is 32.0 Å². The Labute approximate surface area is 112 Å². The molecule has 0 fully saturated rings. The molecule has 1 rings (SSSR count). The predicted octanol–water partition coefficient (Wildman–Crippen LogP) is 3.78. The second-order valence-electron chi connectivity index (χ2n) is 4.46. The molecule has 2 nitrogen and oxygen atoms in total. The van der Waals surface area contributed by atoms with Crippen molar-refractivity contribution in [3.63, 3.8) is 0 Å². The molecule has 0 aliphatic heterocycles. The van der Waals surface area contributed by atoms with Gasteiger partial charge < -0.3 is 10.1 Å². The van der Waals surface area contributed by atoms with Crippen molar-refractivity contribution in [1.82, 2.24) is 5.32 Å². The first-order valence-corrected chi connectivity index (χ1v) is 6.35. The van der Waals surface area contributed by atoms with E-state index in [2.05, 4.69) is 5.32 Å². The highest BCUT2D eigenvalue weighted by atomic mass is 19.4. The lowest BCUT2D eigenvalue weighted by atomic mass is 10.0. The molecule has 1 unspecified atom stereocenters. The quantitative estimate of drug-likeness (QED) is 0.765. The Kier molecular flexibility index (Phi) is 6.31. The molecule has 0 aliphatic rings. The fourth-order valence-corrected chi connectivity index (χ4v) is 1.93. The standard InChI is InChI=1S/C14H20F3NO/c1-11(18-9-5-6-10-19-2)12-7-3-4-8-13(12)14(15,16)17/h3-4,7-8,11,18H,5-6,9-10H2,1-2H3. The van der Waals surface area contributed by atoms with E-state index in [1.807, 2.05) is 0 Å². The summed E-state index contributed by atoms with van der Waals surface area (Å²) in [6, 6.07) is 5.37. The van der Waals surface area contributed by atoms with Gasteiger partial charge in [-0.1, -0.05) is 18.2 Å². The highest BCUT2D eigenvalue weighted by molar-refractivity contribution is 5.31. The zero-order chi connectivity index (χ0) is 14.3. The van der Waals surface area contributed by atoms with Crippen molar-refractivity contribution in [2.75, 3.05) is 20.3 Å². The van der Waals surface area contributed by atoms with E-state index in [0.717, 1.165) is 18.9 Å². The molecule has 1 aromatic carbocycles. The maximum Gasteiger partial charge on any atom is 0.416 e. The Morgan fingerprint density at radius 3 is 2.53 bits per heavy atom. The second-order valence-corrected chi connectivity index (χ2v) is 4.46. The summed E-state index contributed by atoms with van der Waals surface area (Å²) in [4.78, 5) is 0. The zero-order valence-electron chi connectivity index (χ0n) is 11.3. The molecule has 0 heterocycles. The van der Waals surface area contributed by atoms with Crippen LogP contribution < -0.4 is 5.32 Å². The third-order valence-corrected chi connectivity index (χ3v) is 2.96. The number of rotatable bonds is 7. The first-order chi connectivity index (χ1) is 8.96. The minimum atomic E-state index is -4.30. The van der Waals surface area contributed by atoms with Crippen LogP contribution in [0.5, 0.6) is 0 Å². The summed E-state index contributed by atoms with van der Waals surface area (Å²) >= 11 is 0. The molecule has 0 radical (unpaired) electrons. The molecule has 5 heteroatoms. The minimum Gasteiger partial charge on any atom is -0.385 e. The van der Waals surface area contributed by atoms with Gasteiger partial charge >= 0.3 is 6.18 Å². The Morgan fingerprint density at radius 2 is 1.89 bits per heavy atom. The maximum absolute atomic E-state index is 12.9. The topological polar surface area (TPSA) is 21.3 Å². The average Bonchev–Trinajstić information content (AvgIpc) is 2.37. The van der Waals surface area contributed by atoms with Crippen LogP contribution in [0.4, 0.5) is 13.2 Å². The van der Waals surface area contributed by atoms with Gasteiger partial charge in [-0.25, -0.2) is 0 Å². The van der Waals surface area contributed by atoms with Gasteiger partial charge in [0.05, 0.1) is 5.56 Å². The Morgan fingerprint density at radius 1 is 1.21 bits per heavy atom. The van der Waals surface area contributed by atoms with Gasteiger partial charge in [0, 0.05) is 19.8 Å². The molecule has 0 saturated carbocycles. The number of unbranched alkanes of at least 4 members (excludes halogenated alkanes) is 1. The van der Waals surface area contributed by atoms with Crippen molar-refractivity contribution < 1.29 is 17.9 Å². The number of nitrogens with one attached hydrogen (secondary N) is 1. The molecule has 0 amide bonds. The van der Waals surface area contributed by atoms with Crippen LogP contribution in [0, 0.1) is 0 Å². The number of benzene rings is 1. The van der Waals surface area contributed by atoms with Crippen LogP contribution in [0.3, 0.4) is 0 Å². The first kappa shape index (κ1) is 16.0. The fraction of sp³-hybridized carbons (Fsp3) is 0.571. The van der Waals surface area contributed by atoms with Crippen LogP contribution in [0.1, 0.15) is 36.9 Å². The molecule has 19 heavy (non-hydrogen) atoms. The summed E-state index contributed by atoms with van der Waals surface area (Å²) < 4.78 is 43.5. The van der Waals surface area contributed by atoms with E-state index in [1.54, 1.807) is 20.1 Å². The van der Waals surface area contributed by atoms with Crippen LogP contribution >= 0.6 is 0 Å². The van der Waals surface area contributed by atoms with E-state index in [4.69, 9.17) is 4.74 Å². The molecule has 1 N–H and O–H groups in total. The summed E-state index contributed by atoms with van der Waals surface area (Å²) in [6.07, 6.45) is -2.52. The van der Waals surface area contributed by atoms with Crippen LogP contribution in [0.15, 0.2) is 24.3 Å². The highest BCUT2D eigenvalue weighted by Gasteiger charge is 2.33. The van der Waals surface area contributed by atoms with Crippen molar-refractivity contribution in [1.29, 1.82) is 0 Å². The van der Waals surface area contributed by atoms with Gasteiger partial charge in [-0.3, -0.25) is 0 Å². The van der Waals surface area contributed by atoms with Crippen LogP contribution in [0.25, 0.3) is 0 Å². The molecule has 1 aromatic rings. The summed E-state index contributed by atoms with van der Waals surface area (Å²) in [5, 5.41) is 3.11.